The number of hydrogen-bond acceptors (Lipinski definition) is 5. The van der Waals surface area contributed by atoms with Crippen molar-refractivity contribution in [3.63, 3.8) is 0 Å². The molecule has 2 aromatic rings. The van der Waals surface area contributed by atoms with Crippen LogP contribution in [0.15, 0.2) is 42.0 Å². The number of hydrogen-bond donors (Lipinski definition) is 2. The van der Waals surface area contributed by atoms with Gasteiger partial charge in [-0.3, -0.25) is 9.59 Å². The number of ketones is 1. The first kappa shape index (κ1) is 25.1. The van der Waals surface area contributed by atoms with Crippen molar-refractivity contribution in [3.8, 4) is 11.5 Å². The number of aliphatic hydroxyl groups excluding tert-OH is 1. The fourth-order valence-corrected chi connectivity index (χ4v) is 5.30. The Morgan fingerprint density at radius 1 is 1.06 bits per heavy atom. The van der Waals surface area contributed by atoms with Crippen molar-refractivity contribution in [1.82, 2.24) is 4.90 Å². The van der Waals surface area contributed by atoms with Gasteiger partial charge in [0.25, 0.3) is 11.7 Å². The largest absolute Gasteiger partial charge is 0.507 e. The summed E-state index contributed by atoms with van der Waals surface area (Å²) in [5, 5.41) is 21.7. The molecule has 0 bridgehead atoms. The molecule has 186 valence electrons. The third kappa shape index (κ3) is 4.64. The molecule has 2 fully saturated rings. The lowest BCUT2D eigenvalue weighted by Crippen LogP contribution is -2.40. The number of ether oxygens (including phenoxy) is 1. The summed E-state index contributed by atoms with van der Waals surface area (Å²) in [4.78, 5) is 28.4. The first-order valence-electron chi connectivity index (χ1n) is 12.0. The number of carbonyl (C=O) groups excluding carboxylic acids is 2. The van der Waals surface area contributed by atoms with Crippen LogP contribution < -0.4 is 4.74 Å². The minimum atomic E-state index is -0.820. The van der Waals surface area contributed by atoms with Crippen LogP contribution >= 0.6 is 11.6 Å². The fraction of sp³-hybridized carbons (Fsp3) is 0.429. The van der Waals surface area contributed by atoms with Crippen LogP contribution in [0, 0.1) is 0 Å². The fourth-order valence-electron chi connectivity index (χ4n) is 5.11. The van der Waals surface area contributed by atoms with E-state index in [1.807, 2.05) is 12.1 Å². The Hall–Kier alpha value is -2.99. The van der Waals surface area contributed by atoms with Crippen molar-refractivity contribution in [3.05, 3.63) is 63.7 Å². The van der Waals surface area contributed by atoms with Gasteiger partial charge in [-0.15, -0.1) is 0 Å². The molecule has 1 saturated carbocycles. The summed E-state index contributed by atoms with van der Waals surface area (Å²) < 4.78 is 5.52. The molecule has 2 aliphatic rings. The summed E-state index contributed by atoms with van der Waals surface area (Å²) in [6, 6.07) is 9.20. The highest BCUT2D eigenvalue weighted by Crippen LogP contribution is 2.45. The predicted molar refractivity (Wildman–Crippen MR) is 136 cm³/mol. The van der Waals surface area contributed by atoms with Gasteiger partial charge in [0, 0.05) is 6.04 Å². The third-order valence-corrected chi connectivity index (χ3v) is 7.36. The van der Waals surface area contributed by atoms with Crippen LogP contribution in [0.1, 0.15) is 75.6 Å². The van der Waals surface area contributed by atoms with Crippen LogP contribution in [-0.2, 0) is 15.0 Å². The highest BCUT2D eigenvalue weighted by Gasteiger charge is 2.49. The number of methoxy groups -OCH3 is 1. The number of aliphatic hydroxyl groups is 1. The average Bonchev–Trinajstić information content (AvgIpc) is 3.10. The maximum atomic E-state index is 13.5. The number of likely N-dealkylation sites (tertiary alicyclic amines) is 1. The Kier molecular flexibility index (Phi) is 6.87. The number of Topliss-reactive ketones (excluding diaryl/α,β-unsaturated/α-hetero) is 1. The van der Waals surface area contributed by atoms with E-state index in [2.05, 4.69) is 20.8 Å². The number of rotatable bonds is 4. The normalized spacial score (nSPS) is 20.9. The van der Waals surface area contributed by atoms with Crippen molar-refractivity contribution in [2.45, 2.75) is 70.4 Å². The molecule has 1 saturated heterocycles. The Balaban J connectivity index is 1.95. The molecule has 2 N–H and O–H groups in total. The number of nitrogens with zero attached hydrogens (tertiary/aromatic N) is 1. The standard InChI is InChI=1S/C28H32ClNO5/c1-28(2,3)17-11-13-22(35-4)19(15-17)25(32)23-24(16-10-12-21(31)20(29)14-16)30(27(34)26(23)33)18-8-6-5-7-9-18/h10-15,18,24,31-32H,5-9H2,1-4H3/b25-23+. The van der Waals surface area contributed by atoms with E-state index in [9.17, 15) is 19.8 Å². The lowest BCUT2D eigenvalue weighted by molar-refractivity contribution is -0.141. The van der Waals surface area contributed by atoms with Crippen LogP contribution in [0.5, 0.6) is 11.5 Å². The smallest absolute Gasteiger partial charge is 0.295 e. The number of amides is 1. The lowest BCUT2D eigenvalue weighted by Gasteiger charge is -2.35. The molecule has 6 nitrogen and oxygen atoms in total. The molecule has 0 aromatic heterocycles. The molecule has 35 heavy (non-hydrogen) atoms. The Morgan fingerprint density at radius 2 is 1.74 bits per heavy atom. The lowest BCUT2D eigenvalue weighted by atomic mass is 9.85. The second-order valence-electron chi connectivity index (χ2n) is 10.4. The third-order valence-electron chi connectivity index (χ3n) is 7.06. The molecule has 1 unspecified atom stereocenters. The molecule has 1 atom stereocenters. The molecular weight excluding hydrogens is 466 g/mol. The summed E-state index contributed by atoms with van der Waals surface area (Å²) in [6.45, 7) is 6.16. The molecule has 7 heteroatoms. The molecule has 0 radical (unpaired) electrons. The molecule has 1 heterocycles. The van der Waals surface area contributed by atoms with Crippen molar-refractivity contribution in [1.29, 1.82) is 0 Å². The Morgan fingerprint density at radius 3 is 2.34 bits per heavy atom. The zero-order valence-corrected chi connectivity index (χ0v) is 21.4. The highest BCUT2D eigenvalue weighted by molar-refractivity contribution is 6.46. The number of phenols is 1. The number of phenolic OH excluding ortho intramolecular Hbond substituents is 1. The molecule has 1 aliphatic carbocycles. The minimum Gasteiger partial charge on any atom is -0.507 e. The van der Waals surface area contributed by atoms with Gasteiger partial charge in [-0.1, -0.05) is 63.8 Å². The van der Waals surface area contributed by atoms with Crippen molar-refractivity contribution < 1.29 is 24.5 Å². The Bertz CT molecular complexity index is 1190. The van der Waals surface area contributed by atoms with Gasteiger partial charge in [-0.25, -0.2) is 0 Å². The monoisotopic (exact) mass is 497 g/mol. The molecule has 4 rings (SSSR count). The first-order valence-corrected chi connectivity index (χ1v) is 12.4. The second kappa shape index (κ2) is 9.57. The minimum absolute atomic E-state index is 0.00619. The zero-order chi connectivity index (χ0) is 25.5. The van der Waals surface area contributed by atoms with E-state index in [4.69, 9.17) is 16.3 Å². The van der Waals surface area contributed by atoms with E-state index < -0.39 is 17.7 Å². The second-order valence-corrected chi connectivity index (χ2v) is 10.8. The highest BCUT2D eigenvalue weighted by atomic mass is 35.5. The van der Waals surface area contributed by atoms with Gasteiger partial charge in [0.2, 0.25) is 0 Å². The molecule has 1 amide bonds. The van der Waals surface area contributed by atoms with Crippen molar-refractivity contribution in [2.75, 3.05) is 7.11 Å². The van der Waals surface area contributed by atoms with Crippen LogP contribution in [0.4, 0.5) is 0 Å². The molecular formula is C28H32ClNO5. The van der Waals surface area contributed by atoms with E-state index in [0.29, 0.717) is 16.9 Å². The van der Waals surface area contributed by atoms with Crippen molar-refractivity contribution in [2.24, 2.45) is 0 Å². The van der Waals surface area contributed by atoms with Crippen LogP contribution in [0.2, 0.25) is 5.02 Å². The first-order chi connectivity index (χ1) is 16.5. The van der Waals surface area contributed by atoms with Gasteiger partial charge < -0.3 is 19.8 Å². The van der Waals surface area contributed by atoms with E-state index in [-0.39, 0.29) is 33.6 Å². The van der Waals surface area contributed by atoms with E-state index in [1.165, 1.54) is 13.2 Å². The predicted octanol–water partition coefficient (Wildman–Crippen LogP) is 6.11. The van der Waals surface area contributed by atoms with Gasteiger partial charge in [0.15, 0.2) is 0 Å². The Labute approximate surface area is 211 Å². The molecule has 0 spiro atoms. The SMILES string of the molecule is COc1ccc(C(C)(C)C)cc1/C(O)=C1\C(=O)C(=O)N(C2CCCCC2)C1c1ccc(O)c(Cl)c1. The summed E-state index contributed by atoms with van der Waals surface area (Å²) in [6.07, 6.45) is 4.61. The number of benzene rings is 2. The maximum absolute atomic E-state index is 13.5. The van der Waals surface area contributed by atoms with Crippen molar-refractivity contribution >= 4 is 29.1 Å². The van der Waals surface area contributed by atoms with E-state index >= 15 is 0 Å². The summed E-state index contributed by atoms with van der Waals surface area (Å²) in [7, 11) is 1.50. The maximum Gasteiger partial charge on any atom is 0.295 e. The van der Waals surface area contributed by atoms with Gasteiger partial charge in [-0.2, -0.15) is 0 Å². The van der Waals surface area contributed by atoms with Gasteiger partial charge in [-0.05, 0) is 53.6 Å². The number of carbonyl (C=O) groups is 2. The summed E-state index contributed by atoms with van der Waals surface area (Å²) >= 11 is 6.22. The van der Waals surface area contributed by atoms with Gasteiger partial charge >= 0.3 is 0 Å². The van der Waals surface area contributed by atoms with E-state index in [1.54, 1.807) is 23.1 Å². The number of halogens is 1. The van der Waals surface area contributed by atoms with Crippen LogP contribution in [-0.4, -0.2) is 40.0 Å². The average molecular weight is 498 g/mol. The molecule has 2 aromatic carbocycles. The van der Waals surface area contributed by atoms with Gasteiger partial charge in [0.1, 0.15) is 17.3 Å². The summed E-state index contributed by atoms with van der Waals surface area (Å²) in [5.41, 5.74) is 1.67. The molecule has 1 aliphatic heterocycles. The zero-order valence-electron chi connectivity index (χ0n) is 20.6. The summed E-state index contributed by atoms with van der Waals surface area (Å²) in [5.74, 6) is -1.32. The van der Waals surface area contributed by atoms with Crippen LogP contribution in [0.25, 0.3) is 5.76 Å². The van der Waals surface area contributed by atoms with Crippen LogP contribution in [0.3, 0.4) is 0 Å². The quantitative estimate of drug-likeness (QED) is 0.302. The topological polar surface area (TPSA) is 87.1 Å². The van der Waals surface area contributed by atoms with Gasteiger partial charge in [0.05, 0.1) is 29.3 Å². The van der Waals surface area contributed by atoms with E-state index in [0.717, 1.165) is 37.7 Å². The number of aromatic hydroxyl groups is 1.